The van der Waals surface area contributed by atoms with Crippen LogP contribution < -0.4 is 10.6 Å². The topological polar surface area (TPSA) is 61.4 Å². The van der Waals surface area contributed by atoms with Gasteiger partial charge in [-0.25, -0.2) is 4.79 Å². The molecule has 22 heavy (non-hydrogen) atoms. The Balaban J connectivity index is 1.87. The fourth-order valence-electron chi connectivity index (χ4n) is 3.14. The molecule has 4 nitrogen and oxygen atoms in total. The third-order valence-electron chi connectivity index (χ3n) is 4.06. The lowest BCUT2D eigenvalue weighted by atomic mass is 9.87. The lowest BCUT2D eigenvalue weighted by Gasteiger charge is -2.27. The Morgan fingerprint density at radius 2 is 2.23 bits per heavy atom. The maximum absolute atomic E-state index is 12.1. The molecule has 0 spiro atoms. The molecule has 2 rings (SSSR count). The molecule has 0 aromatic heterocycles. The van der Waals surface area contributed by atoms with Gasteiger partial charge in [0.2, 0.25) is 0 Å². The van der Waals surface area contributed by atoms with E-state index >= 15 is 0 Å². The Kier molecular flexibility index (Phi) is 5.35. The van der Waals surface area contributed by atoms with E-state index in [0.717, 1.165) is 23.4 Å². The van der Waals surface area contributed by atoms with Gasteiger partial charge in [0.15, 0.2) is 0 Å². The first kappa shape index (κ1) is 17.1. The number of halogens is 1. The molecule has 0 aliphatic heterocycles. The number of hydrogen-bond donors (Lipinski definition) is 3. The smallest absolute Gasteiger partial charge is 0.315 e. The number of aliphatic hydroxyl groups is 1. The maximum atomic E-state index is 12.1. The van der Waals surface area contributed by atoms with Crippen LogP contribution >= 0.6 is 11.6 Å². The van der Waals surface area contributed by atoms with Crippen LogP contribution in [0, 0.1) is 5.41 Å². The normalized spacial score (nSPS) is 18.7. The fourth-order valence-corrected chi connectivity index (χ4v) is 3.33. The van der Waals surface area contributed by atoms with E-state index in [1.54, 1.807) is 6.92 Å². The Labute approximate surface area is 137 Å². The minimum Gasteiger partial charge on any atom is -0.393 e. The van der Waals surface area contributed by atoms with E-state index in [1.807, 2.05) is 32.0 Å². The molecule has 0 heterocycles. The Bertz CT molecular complexity index is 543. The van der Waals surface area contributed by atoms with E-state index in [-0.39, 0.29) is 23.6 Å². The molecule has 0 radical (unpaired) electrons. The standard InChI is InChI=1S/C17H25ClN2O2/c1-11(21)9-17(2,3)10-19-16(22)20-15-7-4-12-8-13(18)5-6-14(12)15/h5-6,8,11,15,21H,4,7,9-10H2,1-3H3,(H2,19,20,22). The van der Waals surface area contributed by atoms with E-state index in [9.17, 15) is 9.90 Å². The van der Waals surface area contributed by atoms with Gasteiger partial charge in [-0.15, -0.1) is 0 Å². The van der Waals surface area contributed by atoms with Crippen molar-refractivity contribution in [1.29, 1.82) is 0 Å². The van der Waals surface area contributed by atoms with Gasteiger partial charge in [-0.3, -0.25) is 0 Å². The van der Waals surface area contributed by atoms with Crippen molar-refractivity contribution < 1.29 is 9.90 Å². The van der Waals surface area contributed by atoms with Crippen molar-refractivity contribution in [3.8, 4) is 0 Å². The monoisotopic (exact) mass is 324 g/mol. The summed E-state index contributed by atoms with van der Waals surface area (Å²) in [5, 5.41) is 16.2. The Morgan fingerprint density at radius 1 is 1.50 bits per heavy atom. The van der Waals surface area contributed by atoms with Crippen molar-refractivity contribution in [2.45, 2.75) is 52.2 Å². The van der Waals surface area contributed by atoms with Crippen LogP contribution in [0.2, 0.25) is 5.02 Å². The highest BCUT2D eigenvalue weighted by Gasteiger charge is 2.25. The largest absolute Gasteiger partial charge is 0.393 e. The number of aryl methyl sites for hydroxylation is 1. The van der Waals surface area contributed by atoms with E-state index < -0.39 is 0 Å². The predicted octanol–water partition coefficient (Wildman–Crippen LogP) is 3.42. The Morgan fingerprint density at radius 3 is 2.91 bits per heavy atom. The summed E-state index contributed by atoms with van der Waals surface area (Å²) in [6.45, 7) is 6.37. The highest BCUT2D eigenvalue weighted by molar-refractivity contribution is 6.30. The highest BCUT2D eigenvalue weighted by Crippen LogP contribution is 2.32. The molecule has 1 aliphatic rings. The number of carbonyl (C=O) groups is 1. The van der Waals surface area contributed by atoms with Crippen molar-refractivity contribution in [2.75, 3.05) is 6.54 Å². The van der Waals surface area contributed by atoms with Crippen molar-refractivity contribution in [3.05, 3.63) is 34.3 Å². The summed E-state index contributed by atoms with van der Waals surface area (Å²) in [7, 11) is 0. The lowest BCUT2D eigenvalue weighted by Crippen LogP contribution is -2.42. The van der Waals surface area contributed by atoms with Crippen LogP contribution in [0.1, 0.15) is 50.8 Å². The zero-order chi connectivity index (χ0) is 16.3. The van der Waals surface area contributed by atoms with Crippen LogP contribution in [0.3, 0.4) is 0 Å². The molecule has 0 saturated heterocycles. The van der Waals surface area contributed by atoms with E-state index in [1.165, 1.54) is 5.56 Å². The van der Waals surface area contributed by atoms with Gasteiger partial charge in [-0.05, 0) is 54.9 Å². The van der Waals surface area contributed by atoms with Crippen molar-refractivity contribution in [3.63, 3.8) is 0 Å². The second-order valence-electron chi connectivity index (χ2n) is 6.98. The summed E-state index contributed by atoms with van der Waals surface area (Å²) < 4.78 is 0. The molecule has 0 saturated carbocycles. The van der Waals surface area contributed by atoms with Crippen LogP contribution in [0.5, 0.6) is 0 Å². The molecular formula is C17H25ClN2O2. The zero-order valence-electron chi connectivity index (χ0n) is 13.4. The fraction of sp³-hybridized carbons (Fsp3) is 0.588. The molecule has 5 heteroatoms. The number of benzene rings is 1. The van der Waals surface area contributed by atoms with Crippen LogP contribution in [0.4, 0.5) is 4.79 Å². The maximum Gasteiger partial charge on any atom is 0.315 e. The molecule has 1 aromatic carbocycles. The number of amides is 2. The average molecular weight is 325 g/mol. The summed E-state index contributed by atoms with van der Waals surface area (Å²) in [6, 6.07) is 5.72. The summed E-state index contributed by atoms with van der Waals surface area (Å²) in [6.07, 6.45) is 2.12. The molecule has 2 atom stereocenters. The number of nitrogens with one attached hydrogen (secondary N) is 2. The van der Waals surface area contributed by atoms with E-state index in [0.29, 0.717) is 13.0 Å². The minimum absolute atomic E-state index is 0.0483. The van der Waals surface area contributed by atoms with E-state index in [4.69, 9.17) is 11.6 Å². The van der Waals surface area contributed by atoms with Crippen LogP contribution in [-0.4, -0.2) is 23.8 Å². The number of carbonyl (C=O) groups excluding carboxylic acids is 1. The van der Waals surface area contributed by atoms with Crippen LogP contribution in [-0.2, 0) is 6.42 Å². The predicted molar refractivity (Wildman–Crippen MR) is 89.1 cm³/mol. The van der Waals surface area contributed by atoms with E-state index in [2.05, 4.69) is 10.6 Å². The number of urea groups is 1. The van der Waals surface area contributed by atoms with Crippen LogP contribution in [0.25, 0.3) is 0 Å². The highest BCUT2D eigenvalue weighted by atomic mass is 35.5. The molecule has 2 unspecified atom stereocenters. The second kappa shape index (κ2) is 6.88. The molecule has 0 bridgehead atoms. The van der Waals surface area contributed by atoms with Gasteiger partial charge >= 0.3 is 6.03 Å². The zero-order valence-corrected chi connectivity index (χ0v) is 14.2. The first-order valence-corrected chi connectivity index (χ1v) is 8.15. The van der Waals surface area contributed by atoms with Crippen molar-refractivity contribution in [2.24, 2.45) is 5.41 Å². The van der Waals surface area contributed by atoms with Crippen LogP contribution in [0.15, 0.2) is 18.2 Å². The van der Waals surface area contributed by atoms with Crippen molar-refractivity contribution >= 4 is 17.6 Å². The number of fused-ring (bicyclic) bond motifs is 1. The lowest BCUT2D eigenvalue weighted by molar-refractivity contribution is 0.128. The number of rotatable bonds is 5. The number of aliphatic hydroxyl groups excluding tert-OH is 1. The molecule has 0 fully saturated rings. The van der Waals surface area contributed by atoms with Gasteiger partial charge in [0.1, 0.15) is 0 Å². The molecule has 3 N–H and O–H groups in total. The summed E-state index contributed by atoms with van der Waals surface area (Å²) >= 11 is 6.00. The third kappa shape index (κ3) is 4.62. The summed E-state index contributed by atoms with van der Waals surface area (Å²) in [5.74, 6) is 0. The first-order chi connectivity index (χ1) is 10.3. The second-order valence-corrected chi connectivity index (χ2v) is 7.42. The quantitative estimate of drug-likeness (QED) is 0.777. The summed E-state index contributed by atoms with van der Waals surface area (Å²) in [5.41, 5.74) is 2.24. The first-order valence-electron chi connectivity index (χ1n) is 7.77. The summed E-state index contributed by atoms with van der Waals surface area (Å²) in [4.78, 5) is 12.1. The van der Waals surface area contributed by atoms with Gasteiger partial charge in [0.05, 0.1) is 12.1 Å². The number of hydrogen-bond acceptors (Lipinski definition) is 2. The Hall–Kier alpha value is -1.26. The van der Waals surface area contributed by atoms with Gasteiger partial charge in [-0.1, -0.05) is 31.5 Å². The molecule has 1 aliphatic carbocycles. The van der Waals surface area contributed by atoms with Gasteiger partial charge in [-0.2, -0.15) is 0 Å². The third-order valence-corrected chi connectivity index (χ3v) is 4.30. The van der Waals surface area contributed by atoms with Gasteiger partial charge in [0, 0.05) is 11.6 Å². The molecule has 2 amide bonds. The average Bonchev–Trinajstić information content (AvgIpc) is 2.77. The van der Waals surface area contributed by atoms with Gasteiger partial charge < -0.3 is 15.7 Å². The minimum atomic E-state index is -0.369. The molecule has 122 valence electrons. The molecule has 1 aromatic rings. The SMILES string of the molecule is CC(O)CC(C)(C)CNC(=O)NC1CCc2cc(Cl)ccc21. The molecular weight excluding hydrogens is 300 g/mol. The van der Waals surface area contributed by atoms with Crippen molar-refractivity contribution in [1.82, 2.24) is 10.6 Å². The van der Waals surface area contributed by atoms with Gasteiger partial charge in [0.25, 0.3) is 0 Å².